The highest BCUT2D eigenvalue weighted by atomic mass is 35.5. The van der Waals surface area contributed by atoms with E-state index < -0.39 is 0 Å². The first-order valence-corrected chi connectivity index (χ1v) is 3.61. The number of nitrogens with one attached hydrogen (secondary N) is 1. The van der Waals surface area contributed by atoms with Crippen LogP contribution in [0.1, 0.15) is 5.56 Å². The van der Waals surface area contributed by atoms with E-state index in [9.17, 15) is 0 Å². The largest absolute Gasteiger partial charge is 0.326 e. The Bertz CT molecular complexity index is 249. The molecule has 5 N–H and O–H groups in total. The third-order valence-electron chi connectivity index (χ3n) is 1.44. The average molecular weight is 172 g/mol. The molecule has 0 aliphatic rings. The minimum atomic E-state index is 0.448. The van der Waals surface area contributed by atoms with E-state index in [4.69, 9.17) is 23.2 Å². The Labute approximate surface area is 70.3 Å². The van der Waals surface area contributed by atoms with Crippen molar-refractivity contribution in [1.29, 1.82) is 0 Å². The Morgan fingerprint density at radius 3 is 2.64 bits per heavy atom. The summed E-state index contributed by atoms with van der Waals surface area (Å²) in [5, 5.41) is 0.642. The molecular weight excluding hydrogens is 162 g/mol. The van der Waals surface area contributed by atoms with Crippen molar-refractivity contribution in [3.8, 4) is 0 Å². The first-order valence-electron chi connectivity index (χ1n) is 3.23. The summed E-state index contributed by atoms with van der Waals surface area (Å²) < 4.78 is 0. The molecule has 0 aliphatic heterocycles. The van der Waals surface area contributed by atoms with Gasteiger partial charge in [-0.25, -0.2) is 0 Å². The summed E-state index contributed by atoms with van der Waals surface area (Å²) in [6.45, 7) is 0.448. The molecule has 0 aliphatic carbocycles. The van der Waals surface area contributed by atoms with Crippen LogP contribution in [0.3, 0.4) is 0 Å². The Morgan fingerprint density at radius 2 is 2.18 bits per heavy atom. The number of benzene rings is 1. The lowest BCUT2D eigenvalue weighted by Crippen LogP contribution is -2.07. The molecule has 0 saturated heterocycles. The number of hydrazine groups is 1. The predicted molar refractivity (Wildman–Crippen MR) is 47.2 cm³/mol. The average Bonchev–Trinajstić information content (AvgIpc) is 2.04. The van der Waals surface area contributed by atoms with E-state index in [1.54, 1.807) is 6.07 Å². The second kappa shape index (κ2) is 3.57. The molecule has 0 fully saturated rings. The second-order valence-electron chi connectivity index (χ2n) is 2.15. The van der Waals surface area contributed by atoms with Gasteiger partial charge in [0.25, 0.3) is 0 Å². The van der Waals surface area contributed by atoms with E-state index in [2.05, 4.69) is 5.43 Å². The first kappa shape index (κ1) is 8.33. The van der Waals surface area contributed by atoms with E-state index in [1.807, 2.05) is 12.1 Å². The van der Waals surface area contributed by atoms with Gasteiger partial charge in [-0.05, 0) is 17.7 Å². The van der Waals surface area contributed by atoms with E-state index >= 15 is 0 Å². The van der Waals surface area contributed by atoms with Crippen molar-refractivity contribution in [2.75, 3.05) is 5.43 Å². The highest BCUT2D eigenvalue weighted by molar-refractivity contribution is 6.31. The molecular formula is C7H10ClN3. The molecule has 1 aromatic carbocycles. The molecule has 11 heavy (non-hydrogen) atoms. The normalized spacial score (nSPS) is 9.73. The molecule has 60 valence electrons. The smallest absolute Gasteiger partial charge is 0.0500 e. The number of rotatable bonds is 2. The summed E-state index contributed by atoms with van der Waals surface area (Å²) in [4.78, 5) is 0. The van der Waals surface area contributed by atoms with Gasteiger partial charge in [-0.1, -0.05) is 17.7 Å². The van der Waals surface area contributed by atoms with Crippen molar-refractivity contribution in [2.45, 2.75) is 6.54 Å². The van der Waals surface area contributed by atoms with Crippen LogP contribution in [-0.2, 0) is 6.54 Å². The molecule has 4 heteroatoms. The fourth-order valence-electron chi connectivity index (χ4n) is 0.803. The maximum absolute atomic E-state index is 5.83. The number of hydrogen-bond acceptors (Lipinski definition) is 3. The molecule has 0 radical (unpaired) electrons. The van der Waals surface area contributed by atoms with Crippen molar-refractivity contribution >= 4 is 17.3 Å². The number of nitrogen functional groups attached to an aromatic ring is 1. The van der Waals surface area contributed by atoms with Gasteiger partial charge < -0.3 is 11.2 Å². The van der Waals surface area contributed by atoms with Crippen LogP contribution in [0.5, 0.6) is 0 Å². The number of anilines is 1. The Morgan fingerprint density at radius 1 is 1.45 bits per heavy atom. The molecule has 0 aromatic heterocycles. The maximum Gasteiger partial charge on any atom is 0.0500 e. The van der Waals surface area contributed by atoms with Gasteiger partial charge in [0.2, 0.25) is 0 Å². The molecule has 0 heterocycles. The molecule has 0 spiro atoms. The van der Waals surface area contributed by atoms with Crippen LogP contribution in [0.2, 0.25) is 5.02 Å². The van der Waals surface area contributed by atoms with Gasteiger partial charge in [-0.2, -0.15) is 0 Å². The summed E-state index contributed by atoms with van der Waals surface area (Å²) in [6, 6.07) is 5.41. The topological polar surface area (TPSA) is 64.1 Å². The third-order valence-corrected chi connectivity index (χ3v) is 1.79. The van der Waals surface area contributed by atoms with Crippen LogP contribution in [0.15, 0.2) is 18.2 Å². The monoisotopic (exact) mass is 171 g/mol. The van der Waals surface area contributed by atoms with E-state index in [-0.39, 0.29) is 0 Å². The fourth-order valence-corrected chi connectivity index (χ4v) is 1.06. The summed E-state index contributed by atoms with van der Waals surface area (Å²) in [7, 11) is 0. The fraction of sp³-hybridized carbons (Fsp3) is 0.143. The van der Waals surface area contributed by atoms with Gasteiger partial charge in [-0.15, -0.1) is 0 Å². The van der Waals surface area contributed by atoms with Gasteiger partial charge >= 0.3 is 0 Å². The van der Waals surface area contributed by atoms with Crippen LogP contribution in [0.4, 0.5) is 5.69 Å². The summed E-state index contributed by atoms with van der Waals surface area (Å²) in [6.07, 6.45) is 0. The molecule has 0 atom stereocenters. The van der Waals surface area contributed by atoms with E-state index in [1.165, 1.54) is 0 Å². The molecule has 1 aromatic rings. The van der Waals surface area contributed by atoms with Crippen molar-refractivity contribution in [3.63, 3.8) is 0 Å². The summed E-state index contributed by atoms with van der Waals surface area (Å²) >= 11 is 5.83. The standard InChI is InChI=1S/C7H10ClN3/c8-7-3-6(11-10)2-1-5(7)4-9/h1-3,11H,4,9-10H2. The molecule has 3 nitrogen and oxygen atoms in total. The Hall–Kier alpha value is -0.770. The minimum absolute atomic E-state index is 0.448. The predicted octanol–water partition coefficient (Wildman–Crippen LogP) is 1.08. The van der Waals surface area contributed by atoms with Crippen molar-refractivity contribution in [3.05, 3.63) is 28.8 Å². The van der Waals surface area contributed by atoms with E-state index in [0.717, 1.165) is 11.3 Å². The van der Waals surface area contributed by atoms with Crippen molar-refractivity contribution < 1.29 is 0 Å². The van der Waals surface area contributed by atoms with Crippen molar-refractivity contribution in [2.24, 2.45) is 11.6 Å². The van der Waals surface area contributed by atoms with E-state index in [0.29, 0.717) is 11.6 Å². The lowest BCUT2D eigenvalue weighted by atomic mass is 10.2. The molecule has 0 amide bonds. The lowest BCUT2D eigenvalue weighted by Gasteiger charge is -2.03. The zero-order valence-electron chi connectivity index (χ0n) is 5.97. The minimum Gasteiger partial charge on any atom is -0.326 e. The van der Waals surface area contributed by atoms with Crippen LogP contribution in [0, 0.1) is 0 Å². The molecule has 1 rings (SSSR count). The third kappa shape index (κ3) is 1.83. The molecule has 0 bridgehead atoms. The van der Waals surface area contributed by atoms with Gasteiger partial charge in [0, 0.05) is 17.3 Å². The van der Waals surface area contributed by atoms with Crippen LogP contribution in [0.25, 0.3) is 0 Å². The van der Waals surface area contributed by atoms with Gasteiger partial charge in [0.1, 0.15) is 0 Å². The summed E-state index contributed by atoms with van der Waals surface area (Å²) in [5.74, 6) is 5.17. The Balaban J connectivity index is 2.99. The van der Waals surface area contributed by atoms with Gasteiger partial charge in [0.05, 0.1) is 0 Å². The summed E-state index contributed by atoms with van der Waals surface area (Å²) in [5.41, 5.74) is 9.61. The number of halogens is 1. The first-order chi connectivity index (χ1) is 5.27. The maximum atomic E-state index is 5.83. The number of hydrogen-bond donors (Lipinski definition) is 3. The zero-order chi connectivity index (χ0) is 8.27. The molecule has 0 unspecified atom stereocenters. The SMILES string of the molecule is NCc1ccc(NN)cc1Cl. The Kier molecular flexibility index (Phi) is 2.70. The highest BCUT2D eigenvalue weighted by Gasteiger charge is 1.97. The quantitative estimate of drug-likeness (QED) is 0.461. The van der Waals surface area contributed by atoms with Gasteiger partial charge in [-0.3, -0.25) is 5.84 Å². The number of nitrogens with two attached hydrogens (primary N) is 2. The second-order valence-corrected chi connectivity index (χ2v) is 2.56. The van der Waals surface area contributed by atoms with Crippen LogP contribution in [-0.4, -0.2) is 0 Å². The zero-order valence-corrected chi connectivity index (χ0v) is 6.73. The molecule has 0 saturated carbocycles. The van der Waals surface area contributed by atoms with Gasteiger partial charge in [0.15, 0.2) is 0 Å². The lowest BCUT2D eigenvalue weighted by molar-refractivity contribution is 1.07. The van der Waals surface area contributed by atoms with Crippen LogP contribution >= 0.6 is 11.6 Å². The van der Waals surface area contributed by atoms with Crippen LogP contribution < -0.4 is 17.0 Å². The highest BCUT2D eigenvalue weighted by Crippen LogP contribution is 2.19. The van der Waals surface area contributed by atoms with Crippen molar-refractivity contribution in [1.82, 2.24) is 0 Å².